The van der Waals surface area contributed by atoms with Crippen molar-refractivity contribution in [2.75, 3.05) is 28.2 Å². The Morgan fingerprint density at radius 1 is 1.14 bits per heavy atom. The summed E-state index contributed by atoms with van der Waals surface area (Å²) < 4.78 is 23.7. The molecule has 0 aliphatic rings. The summed E-state index contributed by atoms with van der Waals surface area (Å²) in [6.07, 6.45) is 1.68. The highest BCUT2D eigenvalue weighted by Gasteiger charge is 2.33. The Morgan fingerprint density at radius 3 is 2.33 bits per heavy atom. The van der Waals surface area contributed by atoms with Gasteiger partial charge in [0, 0.05) is 16.1 Å². The standard InChI is InChI=1S/C13H16Br2N3O2P/c1-17(2)21(19,18(3)4)20-13-11(15)8-10(14)9-6-5-7-16-12(9)13/h5-8H,1-4H3. The maximum Gasteiger partial charge on any atom is 0.394 e. The van der Waals surface area contributed by atoms with Gasteiger partial charge in [0.15, 0.2) is 5.75 Å². The smallest absolute Gasteiger partial charge is 0.394 e. The second-order valence-corrected chi connectivity index (χ2v) is 9.32. The third-order valence-corrected chi connectivity index (χ3v) is 6.66. The fourth-order valence-electron chi connectivity index (χ4n) is 1.87. The summed E-state index contributed by atoms with van der Waals surface area (Å²) in [5.74, 6) is 0.472. The van der Waals surface area contributed by atoms with E-state index in [0.29, 0.717) is 15.7 Å². The summed E-state index contributed by atoms with van der Waals surface area (Å²) in [4.78, 5) is 4.36. The molecule has 0 aliphatic heterocycles. The van der Waals surface area contributed by atoms with Crippen molar-refractivity contribution in [2.24, 2.45) is 0 Å². The number of hydrogen-bond acceptors (Lipinski definition) is 3. The molecule has 0 atom stereocenters. The molecule has 1 aromatic carbocycles. The molecule has 21 heavy (non-hydrogen) atoms. The first-order valence-electron chi connectivity index (χ1n) is 6.15. The monoisotopic (exact) mass is 435 g/mol. The van der Waals surface area contributed by atoms with E-state index in [1.54, 1.807) is 43.7 Å². The van der Waals surface area contributed by atoms with Gasteiger partial charge in [-0.3, -0.25) is 4.98 Å². The van der Waals surface area contributed by atoms with Gasteiger partial charge in [-0.25, -0.2) is 13.9 Å². The van der Waals surface area contributed by atoms with Crippen molar-refractivity contribution in [1.82, 2.24) is 14.3 Å². The van der Waals surface area contributed by atoms with Crippen LogP contribution in [-0.4, -0.2) is 42.5 Å². The van der Waals surface area contributed by atoms with Crippen LogP contribution in [0.1, 0.15) is 0 Å². The Hall–Kier alpha value is -0.460. The van der Waals surface area contributed by atoms with Crippen molar-refractivity contribution in [3.63, 3.8) is 0 Å². The second-order valence-electron chi connectivity index (χ2n) is 4.85. The van der Waals surface area contributed by atoms with E-state index in [1.165, 1.54) is 0 Å². The Bertz CT molecular complexity index is 710. The van der Waals surface area contributed by atoms with Crippen molar-refractivity contribution < 1.29 is 9.09 Å². The van der Waals surface area contributed by atoms with Crippen molar-refractivity contribution >= 4 is 50.4 Å². The van der Waals surface area contributed by atoms with E-state index in [-0.39, 0.29) is 0 Å². The molecule has 5 nitrogen and oxygen atoms in total. The van der Waals surface area contributed by atoms with Gasteiger partial charge in [-0.05, 0) is 56.3 Å². The largest absolute Gasteiger partial charge is 0.418 e. The fourth-order valence-corrected chi connectivity index (χ4v) is 4.82. The molecule has 0 unspecified atom stereocenters. The van der Waals surface area contributed by atoms with E-state index >= 15 is 0 Å². The summed E-state index contributed by atoms with van der Waals surface area (Å²) >= 11 is 6.97. The van der Waals surface area contributed by atoms with Crippen LogP contribution in [0.3, 0.4) is 0 Å². The molecule has 8 heteroatoms. The molecule has 1 heterocycles. The highest BCUT2D eigenvalue weighted by atomic mass is 79.9. The molecule has 0 radical (unpaired) electrons. The molecule has 0 N–H and O–H groups in total. The maximum atomic E-state index is 13.0. The summed E-state index contributed by atoms with van der Waals surface area (Å²) in [6.45, 7) is 0. The van der Waals surface area contributed by atoms with Crippen LogP contribution in [0, 0.1) is 0 Å². The number of hydrogen-bond donors (Lipinski definition) is 0. The number of benzene rings is 1. The van der Waals surface area contributed by atoms with Crippen LogP contribution in [-0.2, 0) is 4.57 Å². The molecule has 0 saturated carbocycles. The van der Waals surface area contributed by atoms with E-state index in [9.17, 15) is 4.57 Å². The molecule has 0 bridgehead atoms. The zero-order valence-corrected chi connectivity index (χ0v) is 16.2. The minimum Gasteiger partial charge on any atom is -0.418 e. The Kier molecular flexibility index (Phi) is 5.11. The maximum absolute atomic E-state index is 13.0. The Morgan fingerprint density at radius 2 is 1.76 bits per heavy atom. The summed E-state index contributed by atoms with van der Waals surface area (Å²) in [7, 11) is 3.75. The number of halogens is 2. The van der Waals surface area contributed by atoms with Gasteiger partial charge in [-0.2, -0.15) is 0 Å². The molecule has 114 valence electrons. The SMILES string of the molecule is CN(C)P(=O)(Oc1c(Br)cc(Br)c2cccnc12)N(C)C. The van der Waals surface area contributed by atoms with Crippen molar-refractivity contribution in [1.29, 1.82) is 0 Å². The lowest BCUT2D eigenvalue weighted by Crippen LogP contribution is -2.24. The van der Waals surface area contributed by atoms with E-state index in [0.717, 1.165) is 9.86 Å². The summed E-state index contributed by atoms with van der Waals surface area (Å²) in [5, 5.41) is 0.903. The zero-order chi connectivity index (χ0) is 15.8. The van der Waals surface area contributed by atoms with Crippen LogP contribution in [0.2, 0.25) is 0 Å². The van der Waals surface area contributed by atoms with Gasteiger partial charge >= 0.3 is 7.67 Å². The van der Waals surface area contributed by atoms with Crippen LogP contribution in [0.25, 0.3) is 10.9 Å². The Balaban J connectivity index is 2.65. The molecule has 2 rings (SSSR count). The second kappa shape index (κ2) is 6.34. The molecular formula is C13H16Br2N3O2P. The van der Waals surface area contributed by atoms with Gasteiger partial charge in [0.1, 0.15) is 5.52 Å². The van der Waals surface area contributed by atoms with E-state index in [2.05, 4.69) is 36.8 Å². The minimum atomic E-state index is -3.15. The third kappa shape index (κ3) is 3.17. The normalized spacial score (nSPS) is 12.4. The number of rotatable bonds is 4. The summed E-state index contributed by atoms with van der Waals surface area (Å²) in [5.41, 5.74) is 0.655. The van der Waals surface area contributed by atoms with Crippen LogP contribution in [0.15, 0.2) is 33.3 Å². The lowest BCUT2D eigenvalue weighted by Gasteiger charge is -2.30. The first kappa shape index (κ1) is 16.9. The lowest BCUT2D eigenvalue weighted by atomic mass is 10.2. The van der Waals surface area contributed by atoms with Gasteiger partial charge in [0.05, 0.1) is 4.47 Å². The predicted molar refractivity (Wildman–Crippen MR) is 92.8 cm³/mol. The van der Waals surface area contributed by atoms with E-state index < -0.39 is 7.67 Å². The van der Waals surface area contributed by atoms with Gasteiger partial charge in [0.25, 0.3) is 0 Å². The van der Waals surface area contributed by atoms with Gasteiger partial charge in [-0.15, -0.1) is 0 Å². The topological polar surface area (TPSA) is 45.7 Å². The first-order valence-corrected chi connectivity index (χ1v) is 9.27. The molecule has 0 aliphatic carbocycles. The molecule has 0 saturated heterocycles. The quantitative estimate of drug-likeness (QED) is 0.666. The average molecular weight is 437 g/mol. The summed E-state index contributed by atoms with van der Waals surface area (Å²) in [6, 6.07) is 5.65. The van der Waals surface area contributed by atoms with Crippen molar-refractivity contribution in [3.05, 3.63) is 33.3 Å². The van der Waals surface area contributed by atoms with Gasteiger partial charge < -0.3 is 4.52 Å². The predicted octanol–water partition coefficient (Wildman–Crippen LogP) is 4.37. The molecule has 2 aromatic rings. The average Bonchev–Trinajstić information content (AvgIpc) is 2.42. The van der Waals surface area contributed by atoms with Crippen LogP contribution < -0.4 is 4.52 Å². The van der Waals surface area contributed by atoms with Crippen molar-refractivity contribution in [3.8, 4) is 5.75 Å². The molecule has 0 amide bonds. The number of nitrogens with zero attached hydrogens (tertiary/aromatic N) is 3. The minimum absolute atomic E-state index is 0.472. The van der Waals surface area contributed by atoms with Gasteiger partial charge in [-0.1, -0.05) is 22.0 Å². The van der Waals surface area contributed by atoms with Crippen LogP contribution in [0.5, 0.6) is 5.75 Å². The molecule has 0 fully saturated rings. The Labute approximate surface area is 141 Å². The van der Waals surface area contributed by atoms with E-state index in [4.69, 9.17) is 4.52 Å². The van der Waals surface area contributed by atoms with Crippen LogP contribution in [0.4, 0.5) is 0 Å². The zero-order valence-electron chi connectivity index (χ0n) is 12.2. The van der Waals surface area contributed by atoms with Crippen molar-refractivity contribution in [2.45, 2.75) is 0 Å². The highest BCUT2D eigenvalue weighted by molar-refractivity contribution is 9.11. The highest BCUT2D eigenvalue weighted by Crippen LogP contribution is 2.53. The fraction of sp³-hybridized carbons (Fsp3) is 0.308. The van der Waals surface area contributed by atoms with Crippen LogP contribution >= 0.6 is 39.5 Å². The first-order chi connectivity index (χ1) is 9.77. The number of fused-ring (bicyclic) bond motifs is 1. The molecule has 0 spiro atoms. The van der Waals surface area contributed by atoms with Gasteiger partial charge in [0.2, 0.25) is 0 Å². The molecular weight excluding hydrogens is 421 g/mol. The number of pyridine rings is 1. The third-order valence-electron chi connectivity index (χ3n) is 2.97. The molecule has 1 aromatic heterocycles. The number of aromatic nitrogens is 1. The van der Waals surface area contributed by atoms with E-state index in [1.807, 2.05) is 18.2 Å². The lowest BCUT2D eigenvalue weighted by molar-refractivity contribution is 0.354.